The molecule has 0 aliphatic carbocycles. The third-order valence-electron chi connectivity index (χ3n) is 1.84. The fourth-order valence-corrected chi connectivity index (χ4v) is 1.01. The molecule has 0 aliphatic heterocycles. The third kappa shape index (κ3) is 4.99. The molecular weight excluding hydrogens is 180 g/mol. The van der Waals surface area contributed by atoms with Crippen molar-refractivity contribution in [3.63, 3.8) is 0 Å². The van der Waals surface area contributed by atoms with Gasteiger partial charge >= 0.3 is 5.97 Å². The lowest BCUT2D eigenvalue weighted by Crippen LogP contribution is -2.41. The lowest BCUT2D eigenvalue weighted by Gasteiger charge is -2.17. The van der Waals surface area contributed by atoms with E-state index in [9.17, 15) is 4.79 Å². The fraction of sp³-hybridized carbons (Fsp3) is 0.700. The van der Waals surface area contributed by atoms with E-state index in [4.69, 9.17) is 0 Å². The molecule has 1 unspecified atom stereocenters. The zero-order valence-electron chi connectivity index (χ0n) is 9.46. The second-order valence-corrected chi connectivity index (χ2v) is 3.56. The quantitative estimate of drug-likeness (QED) is 0.493. The van der Waals surface area contributed by atoms with E-state index in [1.54, 1.807) is 0 Å². The van der Waals surface area contributed by atoms with Crippen LogP contribution in [0.25, 0.3) is 0 Å². The highest BCUT2D eigenvalue weighted by Gasteiger charge is 2.18. The van der Waals surface area contributed by atoms with Gasteiger partial charge in [0.15, 0.2) is 0 Å². The molecule has 4 nitrogen and oxygen atoms in total. The van der Waals surface area contributed by atoms with Crippen molar-refractivity contribution in [1.82, 2.24) is 10.2 Å². The van der Waals surface area contributed by atoms with Gasteiger partial charge in [0.25, 0.3) is 0 Å². The smallest absolute Gasteiger partial charge is 0.327 e. The Morgan fingerprint density at radius 2 is 2.14 bits per heavy atom. The zero-order chi connectivity index (χ0) is 11.1. The minimum absolute atomic E-state index is 0.281. The van der Waals surface area contributed by atoms with Gasteiger partial charge in [0.05, 0.1) is 7.11 Å². The third-order valence-corrected chi connectivity index (χ3v) is 1.84. The van der Waals surface area contributed by atoms with Gasteiger partial charge in [-0.25, -0.2) is 0 Å². The van der Waals surface area contributed by atoms with E-state index < -0.39 is 0 Å². The minimum atomic E-state index is -0.389. The summed E-state index contributed by atoms with van der Waals surface area (Å²) in [5.41, 5.74) is 0.774. The Balaban J connectivity index is 3.99. The molecule has 0 aliphatic rings. The predicted octanol–water partition coefficient (Wildman–Crippen LogP) is 0.255. The number of carbonyl (C=O) groups excluding carboxylic acids is 1. The summed E-state index contributed by atoms with van der Waals surface area (Å²) < 4.78 is 4.66. The molecule has 0 spiro atoms. The van der Waals surface area contributed by atoms with Crippen LogP contribution >= 0.6 is 0 Å². The number of ether oxygens (including phenoxy) is 1. The Hall–Kier alpha value is -0.870. The number of carbonyl (C=O) groups is 1. The molecule has 0 rings (SSSR count). The largest absolute Gasteiger partial charge is 0.468 e. The van der Waals surface area contributed by atoms with Gasteiger partial charge in [0, 0.05) is 13.1 Å². The molecule has 0 radical (unpaired) electrons. The molecule has 0 saturated heterocycles. The van der Waals surface area contributed by atoms with Crippen molar-refractivity contribution in [2.45, 2.75) is 13.0 Å². The zero-order valence-corrected chi connectivity index (χ0v) is 9.46. The number of esters is 1. The second kappa shape index (κ2) is 6.56. The lowest BCUT2D eigenvalue weighted by atomic mass is 10.1. The van der Waals surface area contributed by atoms with Crippen LogP contribution in [0.5, 0.6) is 0 Å². The van der Waals surface area contributed by atoms with Crippen molar-refractivity contribution in [3.8, 4) is 0 Å². The number of methoxy groups -OCH3 is 1. The normalized spacial score (nSPS) is 12.6. The van der Waals surface area contributed by atoms with E-state index in [2.05, 4.69) is 16.6 Å². The minimum Gasteiger partial charge on any atom is -0.468 e. The number of hydrogen-bond donors (Lipinski definition) is 1. The Morgan fingerprint density at radius 1 is 1.57 bits per heavy atom. The summed E-state index contributed by atoms with van der Waals surface area (Å²) in [6.45, 7) is 7.17. The van der Waals surface area contributed by atoms with Crippen LogP contribution in [0, 0.1) is 0 Å². The van der Waals surface area contributed by atoms with Crippen LogP contribution in [0.1, 0.15) is 6.92 Å². The summed E-state index contributed by atoms with van der Waals surface area (Å²) in [5, 5.41) is 3.09. The summed E-state index contributed by atoms with van der Waals surface area (Å²) in [7, 11) is 5.34. The van der Waals surface area contributed by atoms with Gasteiger partial charge in [-0.1, -0.05) is 12.2 Å². The lowest BCUT2D eigenvalue weighted by molar-refractivity contribution is -0.142. The Labute approximate surface area is 85.9 Å². The molecule has 1 N–H and O–H groups in total. The molecule has 0 fully saturated rings. The molecule has 14 heavy (non-hydrogen) atoms. The molecular formula is C10H20N2O2. The number of nitrogens with zero attached hydrogens (tertiary/aromatic N) is 1. The molecule has 4 heteroatoms. The van der Waals surface area contributed by atoms with Crippen molar-refractivity contribution in [2.24, 2.45) is 0 Å². The Morgan fingerprint density at radius 3 is 2.50 bits per heavy atom. The average molecular weight is 200 g/mol. The maximum Gasteiger partial charge on any atom is 0.327 e. The van der Waals surface area contributed by atoms with Gasteiger partial charge in [0.2, 0.25) is 0 Å². The van der Waals surface area contributed by atoms with Crippen molar-refractivity contribution >= 4 is 5.97 Å². The summed E-state index contributed by atoms with van der Waals surface area (Å²) >= 11 is 0. The maximum atomic E-state index is 11.3. The van der Waals surface area contributed by atoms with E-state index in [-0.39, 0.29) is 12.0 Å². The number of hydrogen-bond acceptors (Lipinski definition) is 4. The van der Waals surface area contributed by atoms with E-state index in [1.807, 2.05) is 25.9 Å². The summed E-state index contributed by atoms with van der Waals surface area (Å²) in [5.74, 6) is -0.281. The van der Waals surface area contributed by atoms with Crippen LogP contribution in [0.4, 0.5) is 0 Å². The maximum absolute atomic E-state index is 11.3. The summed E-state index contributed by atoms with van der Waals surface area (Å²) in [4.78, 5) is 13.3. The molecule has 82 valence electrons. The van der Waals surface area contributed by atoms with E-state index >= 15 is 0 Å². The van der Waals surface area contributed by atoms with Gasteiger partial charge in [-0.2, -0.15) is 0 Å². The van der Waals surface area contributed by atoms with Crippen molar-refractivity contribution in [2.75, 3.05) is 34.3 Å². The number of nitrogens with one attached hydrogen (secondary N) is 1. The molecule has 0 aromatic rings. The van der Waals surface area contributed by atoms with Gasteiger partial charge in [-0.15, -0.1) is 0 Å². The SMILES string of the molecule is C=C(C)C(NCCN(C)C)C(=O)OC. The molecule has 0 heterocycles. The van der Waals surface area contributed by atoms with Crippen LogP contribution in [-0.4, -0.2) is 51.2 Å². The van der Waals surface area contributed by atoms with Crippen molar-refractivity contribution in [3.05, 3.63) is 12.2 Å². The van der Waals surface area contributed by atoms with E-state index in [0.29, 0.717) is 0 Å². The second-order valence-electron chi connectivity index (χ2n) is 3.56. The molecule has 0 aromatic carbocycles. The topological polar surface area (TPSA) is 41.6 Å². The first-order valence-corrected chi connectivity index (χ1v) is 4.60. The standard InChI is InChI=1S/C10H20N2O2/c1-8(2)9(10(13)14-5)11-6-7-12(3)4/h9,11H,1,6-7H2,2-5H3. The molecule has 0 bridgehead atoms. The van der Waals surface area contributed by atoms with E-state index in [1.165, 1.54) is 7.11 Å². The highest BCUT2D eigenvalue weighted by molar-refractivity contribution is 5.79. The van der Waals surface area contributed by atoms with E-state index in [0.717, 1.165) is 18.7 Å². The first-order chi connectivity index (χ1) is 6.49. The highest BCUT2D eigenvalue weighted by atomic mass is 16.5. The highest BCUT2D eigenvalue weighted by Crippen LogP contribution is 1.99. The summed E-state index contributed by atoms with van der Waals surface area (Å²) in [6.07, 6.45) is 0. The van der Waals surface area contributed by atoms with Gasteiger partial charge in [0.1, 0.15) is 6.04 Å². The van der Waals surface area contributed by atoms with Crippen LogP contribution in [0.2, 0.25) is 0 Å². The van der Waals surface area contributed by atoms with Crippen LogP contribution in [0.3, 0.4) is 0 Å². The molecule has 1 atom stereocenters. The predicted molar refractivity (Wildman–Crippen MR) is 57.2 cm³/mol. The monoisotopic (exact) mass is 200 g/mol. The van der Waals surface area contributed by atoms with Crippen molar-refractivity contribution < 1.29 is 9.53 Å². The van der Waals surface area contributed by atoms with Crippen LogP contribution in [0.15, 0.2) is 12.2 Å². The Bertz CT molecular complexity index is 202. The first kappa shape index (κ1) is 13.1. The molecule has 0 aromatic heterocycles. The van der Waals surface area contributed by atoms with Crippen molar-refractivity contribution in [1.29, 1.82) is 0 Å². The van der Waals surface area contributed by atoms with Gasteiger partial charge < -0.3 is 9.64 Å². The molecule has 0 saturated carbocycles. The average Bonchev–Trinajstić information content (AvgIpc) is 2.10. The van der Waals surface area contributed by atoms with Gasteiger partial charge in [-0.3, -0.25) is 10.1 Å². The molecule has 0 amide bonds. The Kier molecular flexibility index (Phi) is 6.16. The van der Waals surface area contributed by atoms with Gasteiger partial charge in [-0.05, 0) is 21.0 Å². The van der Waals surface area contributed by atoms with Crippen LogP contribution < -0.4 is 5.32 Å². The van der Waals surface area contributed by atoms with Crippen LogP contribution in [-0.2, 0) is 9.53 Å². The first-order valence-electron chi connectivity index (χ1n) is 4.60. The number of rotatable bonds is 6. The number of likely N-dealkylation sites (N-methyl/N-ethyl adjacent to an activating group) is 1. The fourth-order valence-electron chi connectivity index (χ4n) is 1.01. The summed E-state index contributed by atoms with van der Waals surface area (Å²) in [6, 6.07) is -0.389.